The van der Waals surface area contributed by atoms with Crippen molar-refractivity contribution < 1.29 is 23.9 Å². The van der Waals surface area contributed by atoms with Gasteiger partial charge in [-0.1, -0.05) is 20.8 Å². The van der Waals surface area contributed by atoms with Crippen molar-refractivity contribution in [2.24, 2.45) is 5.73 Å². The lowest BCUT2D eigenvalue weighted by Gasteiger charge is -2.33. The Labute approximate surface area is 247 Å². The standard InChI is InChI=1S/C29H36N6O6S/c1-28(2,3)20-16-42-27(31-20)33-24(37)17-11-13-35-21(14-17)32-23(34-12-7-8-18(15-34)40-26(30)39)19(25(35)38)9-10-22(36)41-29(4,5)6/h9-11,13-14,16,18H,7-8,12,15H2,1-6H3,(H2,30,39)(H,31,33,37)/b10-9+/t18-/m0/s1. The number of fused-ring (bicyclic) bond motifs is 1. The van der Waals surface area contributed by atoms with Gasteiger partial charge in [0, 0.05) is 35.2 Å². The summed E-state index contributed by atoms with van der Waals surface area (Å²) in [6, 6.07) is 3.03. The topological polar surface area (TPSA) is 158 Å². The minimum Gasteiger partial charge on any atom is -0.457 e. The smallest absolute Gasteiger partial charge is 0.404 e. The predicted octanol–water partition coefficient (Wildman–Crippen LogP) is 4.12. The van der Waals surface area contributed by atoms with Gasteiger partial charge in [0.1, 0.15) is 23.2 Å². The van der Waals surface area contributed by atoms with Crippen LogP contribution in [-0.4, -0.2) is 57.1 Å². The Morgan fingerprint density at radius 2 is 1.90 bits per heavy atom. The highest BCUT2D eigenvalue weighted by Crippen LogP contribution is 2.27. The van der Waals surface area contributed by atoms with Crippen LogP contribution in [0, 0.1) is 0 Å². The van der Waals surface area contributed by atoms with Crippen molar-refractivity contribution in [1.82, 2.24) is 14.4 Å². The van der Waals surface area contributed by atoms with E-state index in [-0.39, 0.29) is 34.6 Å². The van der Waals surface area contributed by atoms with Gasteiger partial charge < -0.3 is 20.1 Å². The number of nitrogens with two attached hydrogens (primary N) is 1. The van der Waals surface area contributed by atoms with Crippen LogP contribution >= 0.6 is 11.3 Å². The number of esters is 1. The average molecular weight is 597 g/mol. The Bertz CT molecular complexity index is 1600. The van der Waals surface area contributed by atoms with Crippen molar-refractivity contribution in [3.8, 4) is 0 Å². The Morgan fingerprint density at radius 3 is 2.55 bits per heavy atom. The number of nitrogens with one attached hydrogen (secondary N) is 1. The van der Waals surface area contributed by atoms with Crippen LogP contribution in [0.4, 0.5) is 15.7 Å². The second-order valence-electron chi connectivity index (χ2n) is 12.1. The van der Waals surface area contributed by atoms with E-state index in [0.717, 1.165) is 5.69 Å². The molecule has 1 saturated heterocycles. The van der Waals surface area contributed by atoms with E-state index in [9.17, 15) is 19.2 Å². The third kappa shape index (κ3) is 7.52. The molecule has 0 unspecified atom stereocenters. The molecule has 3 aromatic heterocycles. The molecule has 1 atom stereocenters. The zero-order valence-electron chi connectivity index (χ0n) is 24.6. The number of ether oxygens (including phenoxy) is 2. The fourth-order valence-corrected chi connectivity index (χ4v) is 5.32. The van der Waals surface area contributed by atoms with Crippen LogP contribution in [0.2, 0.25) is 0 Å². The van der Waals surface area contributed by atoms with Gasteiger partial charge in [-0.05, 0) is 51.8 Å². The van der Waals surface area contributed by atoms with Crippen molar-refractivity contribution in [2.75, 3.05) is 23.3 Å². The lowest BCUT2D eigenvalue weighted by atomic mass is 9.93. The molecule has 224 valence electrons. The normalized spacial score (nSPS) is 16.0. The highest BCUT2D eigenvalue weighted by Gasteiger charge is 2.27. The van der Waals surface area contributed by atoms with Gasteiger partial charge in [-0.25, -0.2) is 19.6 Å². The minimum absolute atomic E-state index is 0.146. The van der Waals surface area contributed by atoms with Crippen molar-refractivity contribution >= 4 is 52.0 Å². The fourth-order valence-electron chi connectivity index (χ4n) is 4.39. The van der Waals surface area contributed by atoms with Crippen molar-refractivity contribution in [1.29, 1.82) is 0 Å². The van der Waals surface area contributed by atoms with E-state index >= 15 is 0 Å². The molecule has 0 aromatic carbocycles. The molecule has 2 amide bonds. The lowest BCUT2D eigenvalue weighted by Crippen LogP contribution is -2.43. The molecule has 1 aliphatic heterocycles. The van der Waals surface area contributed by atoms with E-state index in [0.29, 0.717) is 24.5 Å². The lowest BCUT2D eigenvalue weighted by molar-refractivity contribution is -0.148. The first-order valence-electron chi connectivity index (χ1n) is 13.6. The fraction of sp³-hybridized carbons (Fsp3) is 0.448. The highest BCUT2D eigenvalue weighted by molar-refractivity contribution is 7.14. The first-order valence-corrected chi connectivity index (χ1v) is 14.4. The summed E-state index contributed by atoms with van der Waals surface area (Å²) in [6.07, 6.45) is 3.90. The van der Waals surface area contributed by atoms with E-state index in [1.165, 1.54) is 46.2 Å². The SMILES string of the molecule is CC(C)(C)OC(=O)/C=C/c1c(N2CCC[C@H](OC(N)=O)C2)nc2cc(C(=O)Nc3nc(C(C)(C)C)cs3)ccn2c1=O. The molecule has 0 radical (unpaired) electrons. The van der Waals surface area contributed by atoms with Gasteiger partial charge in [-0.2, -0.15) is 0 Å². The molecule has 1 aliphatic rings. The number of piperidine rings is 1. The largest absolute Gasteiger partial charge is 0.457 e. The highest BCUT2D eigenvalue weighted by atomic mass is 32.1. The van der Waals surface area contributed by atoms with E-state index in [1.54, 1.807) is 20.8 Å². The summed E-state index contributed by atoms with van der Waals surface area (Å²) in [4.78, 5) is 61.7. The summed E-state index contributed by atoms with van der Waals surface area (Å²) in [5.41, 5.74) is 5.44. The number of primary amides is 1. The average Bonchev–Trinajstić information content (AvgIpc) is 3.35. The molecular weight excluding hydrogens is 560 g/mol. The Kier molecular flexibility index (Phi) is 8.71. The Hall–Kier alpha value is -4.26. The second-order valence-corrected chi connectivity index (χ2v) is 12.9. The van der Waals surface area contributed by atoms with Crippen molar-refractivity contribution in [3.05, 3.63) is 57.0 Å². The Balaban J connectivity index is 1.72. The number of thiazole rings is 1. The summed E-state index contributed by atoms with van der Waals surface area (Å²) < 4.78 is 11.9. The summed E-state index contributed by atoms with van der Waals surface area (Å²) in [7, 11) is 0. The first-order chi connectivity index (χ1) is 19.6. The second kappa shape index (κ2) is 11.9. The van der Waals surface area contributed by atoms with Crippen molar-refractivity contribution in [3.63, 3.8) is 0 Å². The van der Waals surface area contributed by atoms with Crippen molar-refractivity contribution in [2.45, 2.75) is 71.5 Å². The maximum absolute atomic E-state index is 13.7. The zero-order valence-corrected chi connectivity index (χ0v) is 25.4. The molecule has 42 heavy (non-hydrogen) atoms. The first kappa shape index (κ1) is 30.7. The van der Waals surface area contributed by atoms with E-state index in [2.05, 4.69) is 10.3 Å². The van der Waals surface area contributed by atoms with Gasteiger partial charge in [-0.15, -0.1) is 11.3 Å². The van der Waals surface area contributed by atoms with Gasteiger partial charge in [0.25, 0.3) is 11.5 Å². The van der Waals surface area contributed by atoms with Crippen LogP contribution in [0.5, 0.6) is 0 Å². The number of aromatic nitrogens is 3. The zero-order chi connectivity index (χ0) is 30.8. The molecule has 3 N–H and O–H groups in total. The summed E-state index contributed by atoms with van der Waals surface area (Å²) in [5, 5.41) is 5.19. The third-order valence-electron chi connectivity index (χ3n) is 6.35. The van der Waals surface area contributed by atoms with Gasteiger partial charge in [0.05, 0.1) is 17.8 Å². The predicted molar refractivity (Wildman–Crippen MR) is 161 cm³/mol. The number of carbonyl (C=O) groups is 3. The van der Waals surface area contributed by atoms with E-state index in [4.69, 9.17) is 20.2 Å². The molecular formula is C29H36N6O6S. The number of rotatable bonds is 6. The number of hydrogen-bond acceptors (Lipinski definition) is 10. The molecule has 0 aliphatic carbocycles. The number of amides is 2. The molecule has 1 fully saturated rings. The quantitative estimate of drug-likeness (QED) is 0.315. The molecule has 0 bridgehead atoms. The summed E-state index contributed by atoms with van der Waals surface area (Å²) in [5.74, 6) is -0.731. The summed E-state index contributed by atoms with van der Waals surface area (Å²) >= 11 is 1.33. The van der Waals surface area contributed by atoms with Crippen LogP contribution in [0.15, 0.2) is 34.6 Å². The van der Waals surface area contributed by atoms with Crippen LogP contribution in [0.1, 0.15) is 76.0 Å². The third-order valence-corrected chi connectivity index (χ3v) is 7.11. The number of pyridine rings is 1. The number of carbonyl (C=O) groups excluding carboxylic acids is 3. The van der Waals surface area contributed by atoms with Gasteiger partial charge in [-0.3, -0.25) is 19.3 Å². The Morgan fingerprint density at radius 1 is 1.17 bits per heavy atom. The van der Waals surface area contributed by atoms with Gasteiger partial charge in [0.15, 0.2) is 5.13 Å². The van der Waals surface area contributed by atoms with Crippen LogP contribution in [0.25, 0.3) is 11.7 Å². The minimum atomic E-state index is -0.885. The molecule has 4 heterocycles. The van der Waals surface area contributed by atoms with Crippen LogP contribution in [0.3, 0.4) is 0 Å². The van der Waals surface area contributed by atoms with Gasteiger partial charge >= 0.3 is 12.1 Å². The monoisotopic (exact) mass is 596 g/mol. The molecule has 3 aromatic rings. The van der Waals surface area contributed by atoms with E-state index in [1.807, 2.05) is 31.1 Å². The maximum atomic E-state index is 13.7. The molecule has 13 heteroatoms. The molecule has 4 rings (SSSR count). The van der Waals surface area contributed by atoms with Gasteiger partial charge in [0.2, 0.25) is 0 Å². The summed E-state index contributed by atoms with van der Waals surface area (Å²) in [6.45, 7) is 12.1. The molecule has 12 nitrogen and oxygen atoms in total. The molecule has 0 saturated carbocycles. The van der Waals surface area contributed by atoms with Crippen LogP contribution < -0.4 is 21.5 Å². The maximum Gasteiger partial charge on any atom is 0.404 e. The number of nitrogens with zero attached hydrogens (tertiary/aromatic N) is 4. The number of anilines is 2. The molecule has 0 spiro atoms. The van der Waals surface area contributed by atoms with Crippen LogP contribution in [-0.2, 0) is 19.7 Å². The number of hydrogen-bond donors (Lipinski definition) is 2. The van der Waals surface area contributed by atoms with E-state index < -0.39 is 35.2 Å².